The first-order valence-corrected chi connectivity index (χ1v) is 7.63. The van der Waals surface area contributed by atoms with Gasteiger partial charge in [-0.25, -0.2) is 0 Å². The van der Waals surface area contributed by atoms with Gasteiger partial charge in [0.05, 0.1) is 0 Å². The third-order valence-electron chi connectivity index (χ3n) is 3.44. The minimum atomic E-state index is 0.162. The van der Waals surface area contributed by atoms with Crippen molar-refractivity contribution in [1.29, 1.82) is 0 Å². The minimum absolute atomic E-state index is 0.162. The Labute approximate surface area is 123 Å². The van der Waals surface area contributed by atoms with Crippen LogP contribution in [0.5, 0.6) is 0 Å². The molecule has 0 bridgehead atoms. The van der Waals surface area contributed by atoms with Gasteiger partial charge in [-0.05, 0) is 49.9 Å². The van der Waals surface area contributed by atoms with E-state index in [0.29, 0.717) is 12.3 Å². The Morgan fingerprint density at radius 1 is 1.10 bits per heavy atom. The number of amides is 1. The summed E-state index contributed by atoms with van der Waals surface area (Å²) < 4.78 is 0. The maximum atomic E-state index is 11.5. The highest BCUT2D eigenvalue weighted by atomic mass is 16.1. The van der Waals surface area contributed by atoms with E-state index in [9.17, 15) is 4.79 Å². The van der Waals surface area contributed by atoms with Gasteiger partial charge in [0.1, 0.15) is 0 Å². The molecule has 0 aromatic heterocycles. The number of carbonyl (C=O) groups excluding carboxylic acids is 1. The molecule has 1 rings (SSSR count). The van der Waals surface area contributed by atoms with E-state index in [2.05, 4.69) is 48.7 Å². The van der Waals surface area contributed by atoms with Crippen molar-refractivity contribution in [1.82, 2.24) is 10.6 Å². The topological polar surface area (TPSA) is 41.1 Å². The van der Waals surface area contributed by atoms with E-state index < -0.39 is 0 Å². The van der Waals surface area contributed by atoms with E-state index in [1.807, 2.05) is 7.05 Å². The zero-order chi connectivity index (χ0) is 14.8. The largest absolute Gasteiger partial charge is 0.356 e. The summed E-state index contributed by atoms with van der Waals surface area (Å²) in [5.41, 5.74) is 2.73. The van der Waals surface area contributed by atoms with Crippen molar-refractivity contribution >= 4 is 5.91 Å². The fourth-order valence-electron chi connectivity index (χ4n) is 2.10. The van der Waals surface area contributed by atoms with Crippen LogP contribution in [-0.2, 0) is 11.2 Å². The van der Waals surface area contributed by atoms with E-state index >= 15 is 0 Å². The average molecular weight is 276 g/mol. The Morgan fingerprint density at radius 2 is 1.80 bits per heavy atom. The third-order valence-corrected chi connectivity index (χ3v) is 3.44. The van der Waals surface area contributed by atoms with Gasteiger partial charge in [0.2, 0.25) is 5.91 Å². The van der Waals surface area contributed by atoms with E-state index in [1.54, 1.807) is 0 Å². The Kier molecular flexibility index (Phi) is 7.97. The lowest BCUT2D eigenvalue weighted by Gasteiger charge is -2.08. The summed E-state index contributed by atoms with van der Waals surface area (Å²) in [6.07, 6.45) is 3.54. The van der Waals surface area contributed by atoms with E-state index in [0.717, 1.165) is 32.4 Å². The van der Waals surface area contributed by atoms with Gasteiger partial charge in [0.15, 0.2) is 0 Å². The van der Waals surface area contributed by atoms with Gasteiger partial charge in [0.25, 0.3) is 0 Å². The van der Waals surface area contributed by atoms with Gasteiger partial charge in [0, 0.05) is 13.0 Å². The number of benzene rings is 1. The molecule has 0 aliphatic rings. The minimum Gasteiger partial charge on any atom is -0.356 e. The first-order chi connectivity index (χ1) is 9.63. The van der Waals surface area contributed by atoms with Crippen molar-refractivity contribution in [3.8, 4) is 0 Å². The van der Waals surface area contributed by atoms with Gasteiger partial charge in [-0.1, -0.05) is 38.1 Å². The van der Waals surface area contributed by atoms with Crippen molar-refractivity contribution in [2.75, 3.05) is 20.1 Å². The van der Waals surface area contributed by atoms with E-state index in [-0.39, 0.29) is 5.91 Å². The van der Waals surface area contributed by atoms with Crippen molar-refractivity contribution in [3.63, 3.8) is 0 Å². The Hall–Kier alpha value is -1.35. The van der Waals surface area contributed by atoms with Crippen LogP contribution >= 0.6 is 0 Å². The number of nitrogens with one attached hydrogen (secondary N) is 2. The predicted octanol–water partition coefficient (Wildman–Crippen LogP) is 2.86. The molecule has 0 saturated carbocycles. The summed E-state index contributed by atoms with van der Waals surface area (Å²) in [6.45, 7) is 6.08. The molecule has 0 saturated heterocycles. The molecule has 112 valence electrons. The molecule has 0 fully saturated rings. The highest BCUT2D eigenvalue weighted by Crippen LogP contribution is 2.15. The zero-order valence-electron chi connectivity index (χ0n) is 13.0. The van der Waals surface area contributed by atoms with E-state index in [4.69, 9.17) is 0 Å². The van der Waals surface area contributed by atoms with Crippen molar-refractivity contribution in [2.45, 2.75) is 45.4 Å². The maximum absolute atomic E-state index is 11.5. The quantitative estimate of drug-likeness (QED) is 0.681. The summed E-state index contributed by atoms with van der Waals surface area (Å²) in [6, 6.07) is 8.81. The SMILES string of the molecule is CNCCCC(=O)NCCCc1ccc(C(C)C)cc1. The number of rotatable bonds is 9. The monoisotopic (exact) mass is 276 g/mol. The lowest BCUT2D eigenvalue weighted by Crippen LogP contribution is -2.25. The second kappa shape index (κ2) is 9.54. The normalized spacial score (nSPS) is 10.8. The van der Waals surface area contributed by atoms with Gasteiger partial charge >= 0.3 is 0 Å². The lowest BCUT2D eigenvalue weighted by molar-refractivity contribution is -0.121. The average Bonchev–Trinajstić information content (AvgIpc) is 2.44. The van der Waals surface area contributed by atoms with Gasteiger partial charge in [-0.2, -0.15) is 0 Å². The number of carbonyl (C=O) groups is 1. The third kappa shape index (κ3) is 6.71. The summed E-state index contributed by atoms with van der Waals surface area (Å²) in [7, 11) is 1.91. The van der Waals surface area contributed by atoms with Crippen molar-refractivity contribution in [3.05, 3.63) is 35.4 Å². The summed E-state index contributed by atoms with van der Waals surface area (Å²) in [5, 5.41) is 6.02. The van der Waals surface area contributed by atoms with Crippen LogP contribution in [0.15, 0.2) is 24.3 Å². The Balaban J connectivity index is 2.16. The molecule has 0 aliphatic heterocycles. The van der Waals surface area contributed by atoms with Gasteiger partial charge in [-0.15, -0.1) is 0 Å². The van der Waals surface area contributed by atoms with E-state index in [1.165, 1.54) is 11.1 Å². The van der Waals surface area contributed by atoms with Crippen LogP contribution in [0.25, 0.3) is 0 Å². The molecule has 1 aromatic carbocycles. The molecular weight excluding hydrogens is 248 g/mol. The molecule has 0 atom stereocenters. The number of hydrogen-bond donors (Lipinski definition) is 2. The van der Waals surface area contributed by atoms with Crippen LogP contribution < -0.4 is 10.6 Å². The highest BCUT2D eigenvalue weighted by Gasteiger charge is 2.01. The Morgan fingerprint density at radius 3 is 2.40 bits per heavy atom. The molecule has 3 heteroatoms. The number of hydrogen-bond acceptors (Lipinski definition) is 2. The van der Waals surface area contributed by atoms with Crippen LogP contribution in [0.3, 0.4) is 0 Å². The standard InChI is InChI=1S/C17H28N2O/c1-14(2)16-10-8-15(9-11-16)6-4-13-19-17(20)7-5-12-18-3/h8-11,14,18H,4-7,12-13H2,1-3H3,(H,19,20). The maximum Gasteiger partial charge on any atom is 0.220 e. The molecule has 0 spiro atoms. The molecule has 3 nitrogen and oxygen atoms in total. The fraction of sp³-hybridized carbons (Fsp3) is 0.588. The zero-order valence-corrected chi connectivity index (χ0v) is 13.0. The second-order valence-corrected chi connectivity index (χ2v) is 5.56. The molecule has 0 radical (unpaired) electrons. The first kappa shape index (κ1) is 16.7. The first-order valence-electron chi connectivity index (χ1n) is 7.63. The molecule has 1 aromatic rings. The molecule has 0 heterocycles. The van der Waals surface area contributed by atoms with Crippen LogP contribution in [-0.4, -0.2) is 26.0 Å². The molecule has 20 heavy (non-hydrogen) atoms. The summed E-state index contributed by atoms with van der Waals surface area (Å²) in [5.74, 6) is 0.747. The van der Waals surface area contributed by atoms with Crippen LogP contribution in [0.4, 0.5) is 0 Å². The molecule has 0 aliphatic carbocycles. The fourth-order valence-corrected chi connectivity index (χ4v) is 2.10. The summed E-state index contributed by atoms with van der Waals surface area (Å²) >= 11 is 0. The van der Waals surface area contributed by atoms with Crippen molar-refractivity contribution in [2.24, 2.45) is 0 Å². The predicted molar refractivity (Wildman–Crippen MR) is 85.0 cm³/mol. The second-order valence-electron chi connectivity index (χ2n) is 5.56. The Bertz CT molecular complexity index is 384. The van der Waals surface area contributed by atoms with Gasteiger partial charge < -0.3 is 10.6 Å². The lowest BCUT2D eigenvalue weighted by atomic mass is 10.0. The molecular formula is C17H28N2O. The molecule has 2 N–H and O–H groups in total. The van der Waals surface area contributed by atoms with Crippen LogP contribution in [0.2, 0.25) is 0 Å². The molecule has 1 amide bonds. The smallest absolute Gasteiger partial charge is 0.220 e. The highest BCUT2D eigenvalue weighted by molar-refractivity contribution is 5.75. The summed E-state index contributed by atoms with van der Waals surface area (Å²) in [4.78, 5) is 11.5. The van der Waals surface area contributed by atoms with Gasteiger partial charge in [-0.3, -0.25) is 4.79 Å². The molecule has 0 unspecified atom stereocenters. The van der Waals surface area contributed by atoms with Crippen LogP contribution in [0, 0.1) is 0 Å². The van der Waals surface area contributed by atoms with Crippen molar-refractivity contribution < 1.29 is 4.79 Å². The number of aryl methyl sites for hydroxylation is 1. The van der Waals surface area contributed by atoms with Crippen LogP contribution in [0.1, 0.15) is 50.2 Å².